The van der Waals surface area contributed by atoms with E-state index in [0.717, 1.165) is 32.6 Å². The molecule has 1 aromatic rings. The predicted molar refractivity (Wildman–Crippen MR) is 79.9 cm³/mol. The van der Waals surface area contributed by atoms with E-state index in [2.05, 4.69) is 55.3 Å². The number of nitrogens with one attached hydrogen (secondary N) is 1. The third-order valence-electron chi connectivity index (χ3n) is 3.48. The fraction of sp³-hybridized carbons (Fsp3) is 0.625. The van der Waals surface area contributed by atoms with Gasteiger partial charge in [-0.25, -0.2) is 0 Å². The molecule has 0 spiro atoms. The van der Waals surface area contributed by atoms with Gasteiger partial charge in [0, 0.05) is 6.54 Å². The van der Waals surface area contributed by atoms with Gasteiger partial charge < -0.3 is 10.2 Å². The molecule has 0 unspecified atom stereocenters. The van der Waals surface area contributed by atoms with Crippen molar-refractivity contribution in [2.75, 3.05) is 26.2 Å². The van der Waals surface area contributed by atoms with Crippen LogP contribution in [-0.4, -0.2) is 31.1 Å². The first kappa shape index (κ1) is 15.2. The zero-order valence-electron chi connectivity index (χ0n) is 12.2. The minimum absolute atomic E-state index is 0.988. The number of nitrogens with zero attached hydrogens (tertiary/aromatic N) is 1. The van der Waals surface area contributed by atoms with Crippen molar-refractivity contribution in [1.29, 1.82) is 0 Å². The lowest BCUT2D eigenvalue weighted by atomic mass is 10.1. The highest BCUT2D eigenvalue weighted by atomic mass is 15.1. The fourth-order valence-corrected chi connectivity index (χ4v) is 2.09. The van der Waals surface area contributed by atoms with Crippen LogP contribution >= 0.6 is 0 Å². The van der Waals surface area contributed by atoms with Gasteiger partial charge in [0.15, 0.2) is 0 Å². The molecule has 0 radical (unpaired) electrons. The van der Waals surface area contributed by atoms with Gasteiger partial charge in [-0.05, 0) is 50.1 Å². The fourth-order valence-electron chi connectivity index (χ4n) is 2.09. The van der Waals surface area contributed by atoms with Crippen LogP contribution in [0.25, 0.3) is 0 Å². The monoisotopic (exact) mass is 248 g/mol. The van der Waals surface area contributed by atoms with E-state index >= 15 is 0 Å². The number of hydrogen-bond donors (Lipinski definition) is 1. The van der Waals surface area contributed by atoms with Crippen LogP contribution in [0.2, 0.25) is 0 Å². The zero-order chi connectivity index (χ0) is 13.2. The summed E-state index contributed by atoms with van der Waals surface area (Å²) in [6, 6.07) is 8.92. The van der Waals surface area contributed by atoms with Crippen molar-refractivity contribution in [2.24, 2.45) is 0 Å². The Morgan fingerprint density at radius 2 is 1.56 bits per heavy atom. The number of aryl methyl sites for hydroxylation is 1. The normalized spacial score (nSPS) is 11.1. The van der Waals surface area contributed by atoms with Crippen LogP contribution in [0.3, 0.4) is 0 Å². The molecule has 0 aliphatic rings. The Balaban J connectivity index is 2.13. The van der Waals surface area contributed by atoms with Gasteiger partial charge >= 0.3 is 0 Å². The van der Waals surface area contributed by atoms with Gasteiger partial charge in [0.25, 0.3) is 0 Å². The Morgan fingerprint density at radius 3 is 2.11 bits per heavy atom. The molecule has 102 valence electrons. The van der Waals surface area contributed by atoms with Crippen LogP contribution in [0.15, 0.2) is 24.3 Å². The summed E-state index contributed by atoms with van der Waals surface area (Å²) in [6.45, 7) is 12.3. The molecule has 2 heteroatoms. The van der Waals surface area contributed by atoms with Crippen LogP contribution in [0.1, 0.15) is 38.3 Å². The molecule has 0 atom stereocenters. The van der Waals surface area contributed by atoms with Gasteiger partial charge in [-0.2, -0.15) is 0 Å². The zero-order valence-corrected chi connectivity index (χ0v) is 12.2. The molecule has 1 rings (SSSR count). The van der Waals surface area contributed by atoms with E-state index in [1.807, 2.05) is 0 Å². The summed E-state index contributed by atoms with van der Waals surface area (Å²) in [4.78, 5) is 2.47. The van der Waals surface area contributed by atoms with Crippen molar-refractivity contribution in [2.45, 2.75) is 40.2 Å². The van der Waals surface area contributed by atoms with Gasteiger partial charge in [0.2, 0.25) is 0 Å². The van der Waals surface area contributed by atoms with Crippen molar-refractivity contribution in [1.82, 2.24) is 10.2 Å². The van der Waals surface area contributed by atoms with E-state index in [0.29, 0.717) is 0 Å². The van der Waals surface area contributed by atoms with E-state index in [1.54, 1.807) is 0 Å². The lowest BCUT2D eigenvalue weighted by Crippen LogP contribution is -2.27. The van der Waals surface area contributed by atoms with Gasteiger partial charge in [0.1, 0.15) is 0 Å². The smallest absolute Gasteiger partial charge is 0.0205 e. The standard InChI is InChI=1S/C16H28N2/c1-4-15-8-10-16(11-9-15)14-17-12-7-13-18(5-2)6-3/h8-11,17H,4-7,12-14H2,1-3H3. The maximum Gasteiger partial charge on any atom is 0.0205 e. The van der Waals surface area contributed by atoms with E-state index in [-0.39, 0.29) is 0 Å². The summed E-state index contributed by atoms with van der Waals surface area (Å²) in [5.41, 5.74) is 2.80. The Morgan fingerprint density at radius 1 is 0.944 bits per heavy atom. The minimum atomic E-state index is 0.988. The summed E-state index contributed by atoms with van der Waals surface area (Å²) >= 11 is 0. The molecular weight excluding hydrogens is 220 g/mol. The third kappa shape index (κ3) is 5.65. The number of benzene rings is 1. The summed E-state index contributed by atoms with van der Waals surface area (Å²) in [7, 11) is 0. The van der Waals surface area contributed by atoms with Crippen LogP contribution in [0.4, 0.5) is 0 Å². The highest BCUT2D eigenvalue weighted by Crippen LogP contribution is 2.04. The lowest BCUT2D eigenvalue weighted by Gasteiger charge is -2.17. The average Bonchev–Trinajstić information content (AvgIpc) is 2.43. The van der Waals surface area contributed by atoms with Crippen LogP contribution in [0.5, 0.6) is 0 Å². The molecule has 1 aromatic carbocycles. The topological polar surface area (TPSA) is 15.3 Å². The molecule has 18 heavy (non-hydrogen) atoms. The quantitative estimate of drug-likeness (QED) is 0.676. The predicted octanol–water partition coefficient (Wildman–Crippen LogP) is 3.07. The molecule has 0 saturated heterocycles. The summed E-state index contributed by atoms with van der Waals surface area (Å²) < 4.78 is 0. The van der Waals surface area contributed by atoms with Crippen molar-refractivity contribution < 1.29 is 0 Å². The Bertz CT molecular complexity index is 301. The first-order chi connectivity index (χ1) is 8.80. The van der Waals surface area contributed by atoms with Gasteiger partial charge in [-0.3, -0.25) is 0 Å². The molecular formula is C16H28N2. The average molecular weight is 248 g/mol. The second kappa shape index (κ2) is 9.12. The molecule has 0 aliphatic carbocycles. The van der Waals surface area contributed by atoms with Gasteiger partial charge in [-0.15, -0.1) is 0 Å². The van der Waals surface area contributed by atoms with Crippen LogP contribution < -0.4 is 5.32 Å². The first-order valence-electron chi connectivity index (χ1n) is 7.31. The van der Waals surface area contributed by atoms with E-state index in [1.165, 1.54) is 24.1 Å². The third-order valence-corrected chi connectivity index (χ3v) is 3.48. The first-order valence-corrected chi connectivity index (χ1v) is 7.31. The molecule has 0 heterocycles. The SMILES string of the molecule is CCc1ccc(CNCCCN(CC)CC)cc1. The van der Waals surface area contributed by atoms with Crippen molar-refractivity contribution in [3.05, 3.63) is 35.4 Å². The van der Waals surface area contributed by atoms with E-state index < -0.39 is 0 Å². The molecule has 0 bridgehead atoms. The van der Waals surface area contributed by atoms with E-state index in [4.69, 9.17) is 0 Å². The highest BCUT2D eigenvalue weighted by Gasteiger charge is 1.98. The molecule has 0 saturated carbocycles. The van der Waals surface area contributed by atoms with Crippen molar-refractivity contribution in [3.63, 3.8) is 0 Å². The van der Waals surface area contributed by atoms with Crippen LogP contribution in [0, 0.1) is 0 Å². The van der Waals surface area contributed by atoms with E-state index in [9.17, 15) is 0 Å². The number of rotatable bonds is 9. The Labute approximate surface area is 112 Å². The molecule has 0 aliphatic heterocycles. The lowest BCUT2D eigenvalue weighted by molar-refractivity contribution is 0.298. The summed E-state index contributed by atoms with van der Waals surface area (Å²) in [5, 5.41) is 3.52. The number of hydrogen-bond acceptors (Lipinski definition) is 2. The maximum absolute atomic E-state index is 3.52. The molecule has 0 amide bonds. The molecule has 0 aromatic heterocycles. The second-order valence-corrected chi connectivity index (χ2v) is 4.73. The van der Waals surface area contributed by atoms with Gasteiger partial charge in [-0.1, -0.05) is 45.0 Å². The van der Waals surface area contributed by atoms with Crippen LogP contribution in [-0.2, 0) is 13.0 Å². The van der Waals surface area contributed by atoms with Gasteiger partial charge in [0.05, 0.1) is 0 Å². The van der Waals surface area contributed by atoms with Crippen molar-refractivity contribution in [3.8, 4) is 0 Å². The summed E-state index contributed by atoms with van der Waals surface area (Å²) in [6.07, 6.45) is 2.35. The minimum Gasteiger partial charge on any atom is -0.313 e. The molecule has 1 N–H and O–H groups in total. The largest absolute Gasteiger partial charge is 0.313 e. The molecule has 0 fully saturated rings. The highest BCUT2D eigenvalue weighted by molar-refractivity contribution is 5.22. The maximum atomic E-state index is 3.52. The Kier molecular flexibility index (Phi) is 7.70. The Hall–Kier alpha value is -0.860. The van der Waals surface area contributed by atoms with Crippen molar-refractivity contribution >= 4 is 0 Å². The molecule has 2 nitrogen and oxygen atoms in total. The summed E-state index contributed by atoms with van der Waals surface area (Å²) in [5.74, 6) is 0. The second-order valence-electron chi connectivity index (χ2n) is 4.73.